The summed E-state index contributed by atoms with van der Waals surface area (Å²) in [5.41, 5.74) is 9.74. The first-order valence-corrected chi connectivity index (χ1v) is 5.50. The lowest BCUT2D eigenvalue weighted by molar-refractivity contribution is 0.100. The van der Waals surface area contributed by atoms with Crippen molar-refractivity contribution in [2.45, 2.75) is 0 Å². The van der Waals surface area contributed by atoms with Crippen molar-refractivity contribution in [2.75, 3.05) is 11.1 Å². The van der Waals surface area contributed by atoms with Crippen LogP contribution in [0.15, 0.2) is 30.3 Å². The fourth-order valence-corrected chi connectivity index (χ4v) is 1.64. The normalized spacial score (nSPS) is 10.3. The molecule has 20 heavy (non-hydrogen) atoms. The molecule has 104 valence electrons. The molecule has 2 aromatic carbocycles. The molecule has 0 atom stereocenters. The number of amides is 1. The zero-order valence-electron chi connectivity index (χ0n) is 10.1. The summed E-state index contributed by atoms with van der Waals surface area (Å²) in [5.74, 6) is -3.92. The standard InChI is InChI=1S/C13H10F3N3O/c14-7-2-1-3-10(12(7)16)19-11-4-6(13(18)20)9(17)5-8(11)15/h1-5,19H,17H2,(H2,18,20). The summed E-state index contributed by atoms with van der Waals surface area (Å²) in [6, 6.07) is 5.31. The van der Waals surface area contributed by atoms with E-state index < -0.39 is 23.4 Å². The minimum absolute atomic E-state index is 0.120. The summed E-state index contributed by atoms with van der Waals surface area (Å²) in [7, 11) is 0. The molecule has 0 heterocycles. The van der Waals surface area contributed by atoms with Crippen LogP contribution in [0, 0.1) is 17.5 Å². The Morgan fingerprint density at radius 2 is 1.75 bits per heavy atom. The molecule has 0 aliphatic rings. The molecule has 7 heteroatoms. The molecule has 4 nitrogen and oxygen atoms in total. The minimum atomic E-state index is -1.16. The molecule has 0 radical (unpaired) electrons. The maximum Gasteiger partial charge on any atom is 0.250 e. The van der Waals surface area contributed by atoms with Crippen LogP contribution in [0.3, 0.4) is 0 Å². The molecular formula is C13H10F3N3O. The summed E-state index contributed by atoms with van der Waals surface area (Å²) < 4.78 is 40.2. The molecule has 0 spiro atoms. The molecular weight excluding hydrogens is 271 g/mol. The molecule has 0 unspecified atom stereocenters. The second-order valence-electron chi connectivity index (χ2n) is 4.01. The van der Waals surface area contributed by atoms with Crippen molar-refractivity contribution in [1.82, 2.24) is 0 Å². The van der Waals surface area contributed by atoms with Gasteiger partial charge in [-0.15, -0.1) is 0 Å². The van der Waals surface area contributed by atoms with Crippen LogP contribution in [0.4, 0.5) is 30.2 Å². The van der Waals surface area contributed by atoms with Gasteiger partial charge in [0.05, 0.1) is 16.9 Å². The lowest BCUT2D eigenvalue weighted by atomic mass is 10.1. The first-order chi connectivity index (χ1) is 9.40. The van der Waals surface area contributed by atoms with Gasteiger partial charge < -0.3 is 16.8 Å². The van der Waals surface area contributed by atoms with Gasteiger partial charge >= 0.3 is 0 Å². The largest absolute Gasteiger partial charge is 0.398 e. The number of carbonyl (C=O) groups is 1. The van der Waals surface area contributed by atoms with E-state index in [1.807, 2.05) is 0 Å². The number of nitrogens with two attached hydrogens (primary N) is 2. The second-order valence-corrected chi connectivity index (χ2v) is 4.01. The fourth-order valence-electron chi connectivity index (χ4n) is 1.64. The third kappa shape index (κ3) is 2.51. The average molecular weight is 281 g/mol. The van der Waals surface area contributed by atoms with E-state index in [1.54, 1.807) is 0 Å². The maximum absolute atomic E-state index is 13.7. The van der Waals surface area contributed by atoms with E-state index in [1.165, 1.54) is 12.1 Å². The van der Waals surface area contributed by atoms with Gasteiger partial charge in [0.15, 0.2) is 11.6 Å². The number of anilines is 3. The predicted octanol–water partition coefficient (Wildman–Crippen LogP) is 2.53. The zero-order valence-corrected chi connectivity index (χ0v) is 10.1. The molecule has 0 aromatic heterocycles. The Hall–Kier alpha value is -2.70. The van der Waals surface area contributed by atoms with Crippen LogP contribution >= 0.6 is 0 Å². The summed E-state index contributed by atoms with van der Waals surface area (Å²) >= 11 is 0. The molecule has 2 aromatic rings. The highest BCUT2D eigenvalue weighted by Crippen LogP contribution is 2.27. The lowest BCUT2D eigenvalue weighted by Gasteiger charge is -2.11. The van der Waals surface area contributed by atoms with Crippen molar-refractivity contribution >= 4 is 23.0 Å². The van der Waals surface area contributed by atoms with Gasteiger partial charge in [0.2, 0.25) is 0 Å². The van der Waals surface area contributed by atoms with Gasteiger partial charge in [-0.2, -0.15) is 0 Å². The third-order valence-electron chi connectivity index (χ3n) is 2.63. The van der Waals surface area contributed by atoms with Gasteiger partial charge in [-0.05, 0) is 24.3 Å². The van der Waals surface area contributed by atoms with Crippen LogP contribution in [0.25, 0.3) is 0 Å². The summed E-state index contributed by atoms with van der Waals surface area (Å²) in [5, 5.41) is 2.35. The van der Waals surface area contributed by atoms with E-state index in [9.17, 15) is 18.0 Å². The Balaban J connectivity index is 2.46. The molecule has 0 bridgehead atoms. The number of nitrogens with one attached hydrogen (secondary N) is 1. The average Bonchev–Trinajstić information content (AvgIpc) is 2.37. The maximum atomic E-state index is 13.7. The van der Waals surface area contributed by atoms with Gasteiger partial charge in [0.25, 0.3) is 5.91 Å². The number of primary amides is 1. The molecule has 5 N–H and O–H groups in total. The molecule has 0 saturated carbocycles. The Bertz CT molecular complexity index is 689. The topological polar surface area (TPSA) is 81.1 Å². The number of nitrogen functional groups attached to an aromatic ring is 1. The van der Waals surface area contributed by atoms with Gasteiger partial charge in [0, 0.05) is 5.69 Å². The van der Waals surface area contributed by atoms with Crippen molar-refractivity contribution in [3.05, 3.63) is 53.3 Å². The van der Waals surface area contributed by atoms with E-state index in [2.05, 4.69) is 5.32 Å². The highest BCUT2D eigenvalue weighted by molar-refractivity contribution is 5.99. The van der Waals surface area contributed by atoms with Gasteiger partial charge in [0.1, 0.15) is 5.82 Å². The second kappa shape index (κ2) is 5.12. The van der Waals surface area contributed by atoms with Crippen LogP contribution in [-0.2, 0) is 0 Å². The fraction of sp³-hybridized carbons (Fsp3) is 0. The summed E-state index contributed by atoms with van der Waals surface area (Å²) in [6.07, 6.45) is 0. The van der Waals surface area contributed by atoms with Gasteiger partial charge in [-0.1, -0.05) is 6.07 Å². The summed E-state index contributed by atoms with van der Waals surface area (Å²) in [4.78, 5) is 11.1. The number of hydrogen-bond acceptors (Lipinski definition) is 3. The van der Waals surface area contributed by atoms with Crippen LogP contribution in [-0.4, -0.2) is 5.91 Å². The molecule has 0 fully saturated rings. The van der Waals surface area contributed by atoms with Crippen LogP contribution in [0.5, 0.6) is 0 Å². The SMILES string of the molecule is NC(=O)c1cc(Nc2cccc(F)c2F)c(F)cc1N. The van der Waals surface area contributed by atoms with Crippen molar-refractivity contribution in [2.24, 2.45) is 5.73 Å². The van der Waals surface area contributed by atoms with Gasteiger partial charge in [-0.3, -0.25) is 4.79 Å². The summed E-state index contributed by atoms with van der Waals surface area (Å²) in [6.45, 7) is 0. The molecule has 0 aliphatic carbocycles. The van der Waals surface area contributed by atoms with E-state index in [4.69, 9.17) is 11.5 Å². The molecule has 2 rings (SSSR count). The predicted molar refractivity (Wildman–Crippen MR) is 69.0 cm³/mol. The van der Waals surface area contributed by atoms with Crippen molar-refractivity contribution in [3.8, 4) is 0 Å². The van der Waals surface area contributed by atoms with Crippen LogP contribution < -0.4 is 16.8 Å². The number of carbonyl (C=O) groups excluding carboxylic acids is 1. The molecule has 0 aliphatic heterocycles. The highest BCUT2D eigenvalue weighted by Gasteiger charge is 2.14. The van der Waals surface area contributed by atoms with Crippen molar-refractivity contribution in [1.29, 1.82) is 0 Å². The first-order valence-electron chi connectivity index (χ1n) is 5.50. The lowest BCUT2D eigenvalue weighted by Crippen LogP contribution is -2.14. The van der Waals surface area contributed by atoms with Crippen molar-refractivity contribution in [3.63, 3.8) is 0 Å². The van der Waals surface area contributed by atoms with E-state index >= 15 is 0 Å². The molecule has 1 amide bonds. The van der Waals surface area contributed by atoms with E-state index in [0.29, 0.717) is 0 Å². The Morgan fingerprint density at radius 3 is 2.40 bits per heavy atom. The molecule has 0 saturated heterocycles. The number of rotatable bonds is 3. The number of hydrogen-bond donors (Lipinski definition) is 3. The number of halogens is 3. The monoisotopic (exact) mass is 281 g/mol. The van der Waals surface area contributed by atoms with Crippen LogP contribution in [0.1, 0.15) is 10.4 Å². The zero-order chi connectivity index (χ0) is 14.9. The Morgan fingerprint density at radius 1 is 1.05 bits per heavy atom. The van der Waals surface area contributed by atoms with Crippen molar-refractivity contribution < 1.29 is 18.0 Å². The van der Waals surface area contributed by atoms with Crippen LogP contribution in [0.2, 0.25) is 0 Å². The third-order valence-corrected chi connectivity index (χ3v) is 2.63. The first kappa shape index (κ1) is 13.7. The van der Waals surface area contributed by atoms with E-state index in [-0.39, 0.29) is 22.6 Å². The Kier molecular flexibility index (Phi) is 3.51. The quantitative estimate of drug-likeness (QED) is 0.756. The van der Waals surface area contributed by atoms with Gasteiger partial charge in [-0.25, -0.2) is 13.2 Å². The number of benzene rings is 2. The smallest absolute Gasteiger partial charge is 0.250 e. The minimum Gasteiger partial charge on any atom is -0.398 e. The van der Waals surface area contributed by atoms with E-state index in [0.717, 1.165) is 18.2 Å². The highest BCUT2D eigenvalue weighted by atomic mass is 19.2. The Labute approximate surface area is 112 Å².